The third-order valence-electron chi connectivity index (χ3n) is 10.7. The Morgan fingerprint density at radius 2 is 0.885 bits per heavy atom. The zero-order valence-electron chi connectivity index (χ0n) is 28.3. The lowest BCUT2D eigenvalue weighted by molar-refractivity contribution is 1.19. The molecule has 11 aromatic rings. The molecule has 2 aromatic heterocycles. The number of rotatable bonds is 4. The molecule has 0 radical (unpaired) electrons. The first-order valence-electron chi connectivity index (χ1n) is 17.8. The molecule has 0 amide bonds. The third-order valence-corrected chi connectivity index (χ3v) is 11.9. The van der Waals surface area contributed by atoms with Crippen LogP contribution in [0.2, 0.25) is 0 Å². The van der Waals surface area contributed by atoms with Crippen LogP contribution in [0.15, 0.2) is 188 Å². The van der Waals surface area contributed by atoms with Crippen LogP contribution in [0.5, 0.6) is 0 Å². The highest BCUT2D eigenvalue weighted by Gasteiger charge is 2.19. The molecule has 11 rings (SSSR count). The minimum absolute atomic E-state index is 1.18. The van der Waals surface area contributed by atoms with E-state index in [2.05, 4.69) is 193 Å². The molecule has 9 aromatic carbocycles. The summed E-state index contributed by atoms with van der Waals surface area (Å²) in [6.45, 7) is 0. The van der Waals surface area contributed by atoms with Crippen molar-refractivity contribution in [1.29, 1.82) is 0 Å². The standard InChI is InChI=1S/C50H31NS/c1-3-12-32(13-4-1)36-28-37(33-14-5-2-6-15-33)30-38(29-36)42-20-11-21-46-48(42)43-25-24-39(31-47(43)52-46)51-44-26-22-34-16-7-9-18-40(34)49(44)50-41-19-10-8-17-35(41)23-27-45(50)51/h1-31H. The molecular formula is C50H31NS. The van der Waals surface area contributed by atoms with Crippen molar-refractivity contribution in [3.05, 3.63) is 188 Å². The van der Waals surface area contributed by atoms with Gasteiger partial charge in [-0.2, -0.15) is 0 Å². The van der Waals surface area contributed by atoms with Gasteiger partial charge in [0.05, 0.1) is 11.0 Å². The Morgan fingerprint density at radius 1 is 0.327 bits per heavy atom. The van der Waals surface area contributed by atoms with Gasteiger partial charge in [0.1, 0.15) is 0 Å². The molecule has 0 unspecified atom stereocenters. The number of fused-ring (bicyclic) bond motifs is 10. The molecule has 2 heterocycles. The van der Waals surface area contributed by atoms with Crippen LogP contribution in [-0.4, -0.2) is 4.57 Å². The van der Waals surface area contributed by atoms with Crippen LogP contribution in [0.3, 0.4) is 0 Å². The first kappa shape index (κ1) is 29.3. The van der Waals surface area contributed by atoms with Crippen LogP contribution in [0.4, 0.5) is 0 Å². The lowest BCUT2D eigenvalue weighted by Gasteiger charge is -2.13. The summed E-state index contributed by atoms with van der Waals surface area (Å²) < 4.78 is 5.07. The number of nitrogens with zero attached hydrogens (tertiary/aromatic N) is 1. The number of thiophene rings is 1. The van der Waals surface area contributed by atoms with Crippen LogP contribution in [0, 0.1) is 0 Å². The van der Waals surface area contributed by atoms with E-state index in [1.165, 1.54) is 103 Å². The number of aromatic nitrogens is 1. The van der Waals surface area contributed by atoms with Crippen molar-refractivity contribution in [3.8, 4) is 39.1 Å². The number of hydrogen-bond acceptors (Lipinski definition) is 1. The Labute approximate surface area is 305 Å². The zero-order valence-corrected chi connectivity index (χ0v) is 29.1. The van der Waals surface area contributed by atoms with Gasteiger partial charge in [-0.3, -0.25) is 0 Å². The predicted octanol–water partition coefficient (Wildman–Crippen LogP) is 14.5. The van der Waals surface area contributed by atoms with Crippen molar-refractivity contribution in [2.75, 3.05) is 0 Å². The van der Waals surface area contributed by atoms with Gasteiger partial charge < -0.3 is 4.57 Å². The SMILES string of the molecule is c1ccc(-c2cc(-c3ccccc3)cc(-c3cccc4sc5cc(-n6c7ccc8ccccc8c7c7c8ccccc8ccc76)ccc5c34)c2)cc1. The van der Waals surface area contributed by atoms with Crippen LogP contribution in [-0.2, 0) is 0 Å². The summed E-state index contributed by atoms with van der Waals surface area (Å²) in [5.41, 5.74) is 11.0. The summed E-state index contributed by atoms with van der Waals surface area (Å²) in [5, 5.41) is 10.4. The second kappa shape index (κ2) is 11.5. The number of benzene rings is 9. The summed E-state index contributed by atoms with van der Waals surface area (Å²) in [7, 11) is 0. The highest BCUT2D eigenvalue weighted by Crippen LogP contribution is 2.45. The lowest BCUT2D eigenvalue weighted by Crippen LogP contribution is -1.93. The van der Waals surface area contributed by atoms with Gasteiger partial charge in [0.25, 0.3) is 0 Å². The van der Waals surface area contributed by atoms with E-state index in [1.54, 1.807) is 0 Å². The molecule has 0 fully saturated rings. The molecule has 0 aliphatic rings. The van der Waals surface area contributed by atoms with Crippen molar-refractivity contribution in [3.63, 3.8) is 0 Å². The average molecular weight is 678 g/mol. The quantitative estimate of drug-likeness (QED) is 0.175. The molecule has 0 saturated heterocycles. The second-order valence-electron chi connectivity index (χ2n) is 13.7. The summed E-state index contributed by atoms with van der Waals surface area (Å²) in [4.78, 5) is 0. The van der Waals surface area contributed by atoms with Gasteiger partial charge in [-0.1, -0.05) is 140 Å². The van der Waals surface area contributed by atoms with Crippen molar-refractivity contribution in [2.24, 2.45) is 0 Å². The Balaban J connectivity index is 1.15. The summed E-state index contributed by atoms with van der Waals surface area (Å²) in [6, 6.07) is 69.1. The topological polar surface area (TPSA) is 4.93 Å². The van der Waals surface area contributed by atoms with Crippen LogP contribution >= 0.6 is 11.3 Å². The highest BCUT2D eigenvalue weighted by atomic mass is 32.1. The van der Waals surface area contributed by atoms with E-state index < -0.39 is 0 Å². The maximum absolute atomic E-state index is 2.48. The average Bonchev–Trinajstić information content (AvgIpc) is 3.77. The molecule has 0 saturated carbocycles. The van der Waals surface area contributed by atoms with Crippen LogP contribution in [0.25, 0.3) is 103 Å². The van der Waals surface area contributed by atoms with E-state index in [9.17, 15) is 0 Å². The molecule has 0 N–H and O–H groups in total. The first-order chi connectivity index (χ1) is 25.8. The molecule has 1 nitrogen and oxygen atoms in total. The molecule has 0 aliphatic carbocycles. The molecule has 0 aliphatic heterocycles. The molecule has 2 heteroatoms. The van der Waals surface area contributed by atoms with E-state index in [0.717, 1.165) is 0 Å². The second-order valence-corrected chi connectivity index (χ2v) is 14.8. The molecular weight excluding hydrogens is 647 g/mol. The lowest BCUT2D eigenvalue weighted by atomic mass is 9.91. The smallest absolute Gasteiger partial charge is 0.0547 e. The Kier molecular flexibility index (Phi) is 6.49. The normalized spacial score (nSPS) is 11.8. The van der Waals surface area contributed by atoms with E-state index in [-0.39, 0.29) is 0 Å². The first-order valence-corrected chi connectivity index (χ1v) is 18.7. The minimum Gasteiger partial charge on any atom is -0.309 e. The van der Waals surface area contributed by atoms with Crippen molar-refractivity contribution in [1.82, 2.24) is 4.57 Å². The molecule has 0 spiro atoms. The summed E-state index contributed by atoms with van der Waals surface area (Å²) >= 11 is 1.89. The van der Waals surface area contributed by atoms with Crippen molar-refractivity contribution in [2.45, 2.75) is 0 Å². The van der Waals surface area contributed by atoms with Crippen molar-refractivity contribution < 1.29 is 0 Å². The van der Waals surface area contributed by atoms with Gasteiger partial charge in [-0.05, 0) is 103 Å². The Bertz CT molecular complexity index is 3020. The minimum atomic E-state index is 1.18. The van der Waals surface area contributed by atoms with E-state index >= 15 is 0 Å². The fourth-order valence-electron chi connectivity index (χ4n) is 8.40. The zero-order chi connectivity index (χ0) is 34.2. The fourth-order valence-corrected chi connectivity index (χ4v) is 9.56. The summed E-state index contributed by atoms with van der Waals surface area (Å²) in [5.74, 6) is 0. The van der Waals surface area contributed by atoms with Crippen molar-refractivity contribution >= 4 is 74.9 Å². The predicted molar refractivity (Wildman–Crippen MR) is 225 cm³/mol. The fraction of sp³-hybridized carbons (Fsp3) is 0. The van der Waals surface area contributed by atoms with Crippen LogP contribution in [0.1, 0.15) is 0 Å². The number of hydrogen-bond donors (Lipinski definition) is 0. The van der Waals surface area contributed by atoms with E-state index in [1.807, 2.05) is 11.3 Å². The highest BCUT2D eigenvalue weighted by molar-refractivity contribution is 7.26. The summed E-state index contributed by atoms with van der Waals surface area (Å²) in [6.07, 6.45) is 0. The molecule has 242 valence electrons. The largest absolute Gasteiger partial charge is 0.309 e. The van der Waals surface area contributed by atoms with Gasteiger partial charge in [0.2, 0.25) is 0 Å². The van der Waals surface area contributed by atoms with Gasteiger partial charge in [0.15, 0.2) is 0 Å². The van der Waals surface area contributed by atoms with Gasteiger partial charge in [0, 0.05) is 36.6 Å². The van der Waals surface area contributed by atoms with E-state index in [0.29, 0.717) is 0 Å². The van der Waals surface area contributed by atoms with Crippen LogP contribution < -0.4 is 0 Å². The van der Waals surface area contributed by atoms with E-state index in [4.69, 9.17) is 0 Å². The van der Waals surface area contributed by atoms with Gasteiger partial charge in [-0.25, -0.2) is 0 Å². The Morgan fingerprint density at radius 3 is 1.50 bits per heavy atom. The third kappa shape index (κ3) is 4.48. The monoisotopic (exact) mass is 677 g/mol. The molecule has 0 atom stereocenters. The molecule has 52 heavy (non-hydrogen) atoms. The molecule has 0 bridgehead atoms. The van der Waals surface area contributed by atoms with Gasteiger partial charge in [-0.15, -0.1) is 11.3 Å². The van der Waals surface area contributed by atoms with Gasteiger partial charge >= 0.3 is 0 Å². The maximum atomic E-state index is 2.48. The Hall–Kier alpha value is -6.48. The maximum Gasteiger partial charge on any atom is 0.0547 e.